The molecule has 0 amide bonds. The molecule has 1 N–H and O–H groups in total. The number of aldehydes is 1. The first-order valence-corrected chi connectivity index (χ1v) is 12.7. The van der Waals surface area contributed by atoms with Gasteiger partial charge < -0.3 is 19.5 Å². The van der Waals surface area contributed by atoms with Crippen LogP contribution in [0, 0.1) is 5.92 Å². The average molecular weight is 491 g/mol. The van der Waals surface area contributed by atoms with Crippen molar-refractivity contribution in [3.05, 3.63) is 82.4 Å². The summed E-state index contributed by atoms with van der Waals surface area (Å²) in [7, 11) is 0. The van der Waals surface area contributed by atoms with E-state index in [1.165, 1.54) is 5.57 Å². The number of carbonyl (C=O) groups excluding carboxylic acids is 1. The zero-order valence-electron chi connectivity index (χ0n) is 19.8. The topological polar surface area (TPSA) is 62.1 Å². The Hall–Kier alpha value is -2.73. The number of aliphatic imine (C=N–C) groups is 1. The van der Waals surface area contributed by atoms with Gasteiger partial charge in [-0.25, -0.2) is 0 Å². The smallest absolute Gasteiger partial charge is 0.126 e. The van der Waals surface area contributed by atoms with E-state index in [4.69, 9.17) is 16.3 Å². The Kier molecular flexibility index (Phi) is 7.19. The van der Waals surface area contributed by atoms with Gasteiger partial charge in [-0.1, -0.05) is 42.0 Å². The van der Waals surface area contributed by atoms with Crippen molar-refractivity contribution in [1.82, 2.24) is 4.90 Å². The number of ether oxygens (including phenoxy) is 1. The number of hydrogen-bond donors (Lipinski definition) is 1. The van der Waals surface area contributed by atoms with Gasteiger partial charge in [0.2, 0.25) is 0 Å². The van der Waals surface area contributed by atoms with Crippen LogP contribution in [-0.4, -0.2) is 54.8 Å². The van der Waals surface area contributed by atoms with Gasteiger partial charge in [-0.15, -0.1) is 0 Å². The number of fused-ring (bicyclic) bond motifs is 2. The van der Waals surface area contributed by atoms with Crippen molar-refractivity contribution in [3.8, 4) is 5.75 Å². The Balaban J connectivity index is 1.30. The Labute approximate surface area is 211 Å². The minimum absolute atomic E-state index is 0.0533. The summed E-state index contributed by atoms with van der Waals surface area (Å²) >= 11 is 6.02. The van der Waals surface area contributed by atoms with E-state index in [0.29, 0.717) is 30.9 Å². The van der Waals surface area contributed by atoms with Crippen LogP contribution in [0.1, 0.15) is 36.0 Å². The summed E-state index contributed by atoms with van der Waals surface area (Å²) in [6.45, 7) is 3.16. The maximum atomic E-state index is 11.2. The minimum atomic E-state index is -0.787. The second kappa shape index (κ2) is 10.5. The van der Waals surface area contributed by atoms with Crippen LogP contribution in [0.2, 0.25) is 5.02 Å². The van der Waals surface area contributed by atoms with Gasteiger partial charge in [-0.05, 0) is 66.3 Å². The van der Waals surface area contributed by atoms with Crippen LogP contribution in [0.5, 0.6) is 5.75 Å². The molecule has 0 aliphatic carbocycles. The van der Waals surface area contributed by atoms with Crippen molar-refractivity contribution in [1.29, 1.82) is 0 Å². The fourth-order valence-corrected chi connectivity index (χ4v) is 5.48. The molecule has 35 heavy (non-hydrogen) atoms. The average Bonchev–Trinajstić information content (AvgIpc) is 3.03. The largest absolute Gasteiger partial charge is 0.491 e. The number of piperidine rings is 1. The van der Waals surface area contributed by atoms with Crippen LogP contribution in [0.15, 0.2) is 65.7 Å². The molecule has 2 aromatic rings. The predicted octanol–water partition coefficient (Wildman–Crippen LogP) is 4.86. The number of likely N-dealkylation sites (tertiary alicyclic amines) is 1. The summed E-state index contributed by atoms with van der Waals surface area (Å²) in [4.78, 5) is 18.2. The van der Waals surface area contributed by atoms with Crippen molar-refractivity contribution < 1.29 is 14.6 Å². The molecular weight excluding hydrogens is 460 g/mol. The summed E-state index contributed by atoms with van der Waals surface area (Å²) in [5, 5.41) is 11.9. The Morgan fingerprint density at radius 2 is 1.97 bits per heavy atom. The molecule has 182 valence electrons. The molecule has 0 saturated carbocycles. The zero-order chi connectivity index (χ0) is 24.3. The zero-order valence-corrected chi connectivity index (χ0v) is 20.5. The molecule has 2 unspecified atom stereocenters. The summed E-state index contributed by atoms with van der Waals surface area (Å²) < 4.78 is 6.13. The molecule has 6 heteroatoms. The molecule has 1 fully saturated rings. The molecule has 0 spiro atoms. The van der Waals surface area contributed by atoms with E-state index in [1.54, 1.807) is 0 Å². The SMILES string of the molecule is O=CCc1ccc2c(c1)/C(=C/CCN1CCC(O)(c3ccc(Cl)cc3)CC1)C1C=CC=NC1CO2. The molecule has 1 saturated heterocycles. The molecule has 0 radical (unpaired) electrons. The lowest BCUT2D eigenvalue weighted by molar-refractivity contribution is -0.107. The lowest BCUT2D eigenvalue weighted by Crippen LogP contribution is -2.42. The van der Waals surface area contributed by atoms with Crippen LogP contribution in [-0.2, 0) is 16.8 Å². The van der Waals surface area contributed by atoms with E-state index in [2.05, 4.69) is 28.1 Å². The number of allylic oxidation sites excluding steroid dienone is 1. The minimum Gasteiger partial charge on any atom is -0.491 e. The Morgan fingerprint density at radius 3 is 2.74 bits per heavy atom. The molecule has 5 rings (SSSR count). The van der Waals surface area contributed by atoms with Crippen LogP contribution < -0.4 is 4.74 Å². The third kappa shape index (κ3) is 5.27. The standard InChI is InChI=1S/C29H31ClN2O3/c30-23-8-6-22(7-9-23)29(34)12-16-32(17-13-29)15-2-4-24-25-3-1-14-31-27(25)20-35-28-10-5-21(11-18-33)19-26(24)28/h1,3-10,14,18-19,25,27,34H,2,11-13,15-17,20H2/b24-4+. The van der Waals surface area contributed by atoms with Crippen molar-refractivity contribution >= 4 is 29.7 Å². The highest BCUT2D eigenvalue weighted by Crippen LogP contribution is 2.40. The first kappa shape index (κ1) is 24.0. The highest BCUT2D eigenvalue weighted by atomic mass is 35.5. The highest BCUT2D eigenvalue weighted by Gasteiger charge is 2.34. The number of hydrogen-bond acceptors (Lipinski definition) is 5. The summed E-state index contributed by atoms with van der Waals surface area (Å²) in [6.07, 6.45) is 12.0. The van der Waals surface area contributed by atoms with Crippen LogP contribution in [0.3, 0.4) is 0 Å². The number of halogens is 1. The fraction of sp³-hybridized carbons (Fsp3) is 0.379. The molecule has 3 aliphatic heterocycles. The number of benzene rings is 2. The van der Waals surface area contributed by atoms with E-state index in [0.717, 1.165) is 54.8 Å². The molecular formula is C29H31ClN2O3. The van der Waals surface area contributed by atoms with Gasteiger partial charge in [0.1, 0.15) is 18.6 Å². The van der Waals surface area contributed by atoms with Crippen molar-refractivity contribution in [2.75, 3.05) is 26.2 Å². The first-order chi connectivity index (χ1) is 17.1. The van der Waals surface area contributed by atoms with Crippen molar-refractivity contribution in [2.45, 2.75) is 37.3 Å². The third-order valence-corrected chi connectivity index (χ3v) is 7.67. The number of dihydropyridines is 1. The van der Waals surface area contributed by atoms with Gasteiger partial charge >= 0.3 is 0 Å². The van der Waals surface area contributed by atoms with Crippen LogP contribution in [0.25, 0.3) is 5.57 Å². The molecule has 2 aromatic carbocycles. The van der Waals surface area contributed by atoms with E-state index >= 15 is 0 Å². The van der Waals surface area contributed by atoms with Gasteiger partial charge in [0.25, 0.3) is 0 Å². The monoisotopic (exact) mass is 490 g/mol. The van der Waals surface area contributed by atoms with Gasteiger partial charge in [0.15, 0.2) is 0 Å². The maximum Gasteiger partial charge on any atom is 0.126 e. The lowest BCUT2D eigenvalue weighted by atomic mass is 9.84. The quantitative estimate of drug-likeness (QED) is 0.587. The molecule has 3 heterocycles. The molecule has 2 atom stereocenters. The Morgan fingerprint density at radius 1 is 1.17 bits per heavy atom. The molecule has 5 nitrogen and oxygen atoms in total. The van der Waals surface area contributed by atoms with Crippen LogP contribution in [0.4, 0.5) is 0 Å². The van der Waals surface area contributed by atoms with Gasteiger partial charge in [-0.2, -0.15) is 0 Å². The van der Waals surface area contributed by atoms with E-state index < -0.39 is 5.60 Å². The maximum absolute atomic E-state index is 11.2. The second-order valence-electron chi connectivity index (χ2n) is 9.62. The highest BCUT2D eigenvalue weighted by molar-refractivity contribution is 6.30. The van der Waals surface area contributed by atoms with Crippen molar-refractivity contribution in [2.24, 2.45) is 10.9 Å². The predicted molar refractivity (Wildman–Crippen MR) is 140 cm³/mol. The lowest BCUT2D eigenvalue weighted by Gasteiger charge is -2.38. The molecule has 0 bridgehead atoms. The second-order valence-corrected chi connectivity index (χ2v) is 10.1. The van der Waals surface area contributed by atoms with E-state index in [9.17, 15) is 9.90 Å². The van der Waals surface area contributed by atoms with Crippen LogP contribution >= 0.6 is 11.6 Å². The summed E-state index contributed by atoms with van der Waals surface area (Å²) in [5.74, 6) is 1.01. The normalized spacial score (nSPS) is 24.3. The molecule has 0 aromatic heterocycles. The molecule has 3 aliphatic rings. The summed E-state index contributed by atoms with van der Waals surface area (Å²) in [6, 6.07) is 13.7. The number of aliphatic hydroxyl groups is 1. The fourth-order valence-electron chi connectivity index (χ4n) is 5.36. The van der Waals surface area contributed by atoms with Crippen molar-refractivity contribution in [3.63, 3.8) is 0 Å². The van der Waals surface area contributed by atoms with E-state index in [-0.39, 0.29) is 12.0 Å². The number of rotatable bonds is 6. The Bertz CT molecular complexity index is 1150. The first-order valence-electron chi connectivity index (χ1n) is 12.4. The van der Waals surface area contributed by atoms with Gasteiger partial charge in [-0.3, -0.25) is 4.99 Å². The van der Waals surface area contributed by atoms with E-state index in [1.807, 2.05) is 48.7 Å². The summed E-state index contributed by atoms with van der Waals surface area (Å²) in [5.41, 5.74) is 3.44. The van der Waals surface area contributed by atoms with Gasteiger partial charge in [0.05, 0.1) is 11.6 Å². The number of carbonyl (C=O) groups is 1. The third-order valence-electron chi connectivity index (χ3n) is 7.41. The van der Waals surface area contributed by atoms with Gasteiger partial charge in [0, 0.05) is 48.8 Å². The number of nitrogens with zero attached hydrogens (tertiary/aromatic N) is 2.